The molecule has 0 aliphatic heterocycles. The van der Waals surface area contributed by atoms with Gasteiger partial charge in [0.25, 0.3) is 0 Å². The van der Waals surface area contributed by atoms with Gasteiger partial charge in [-0.15, -0.1) is 0 Å². The zero-order valence-corrected chi connectivity index (χ0v) is 9.24. The lowest BCUT2D eigenvalue weighted by Crippen LogP contribution is -2.23. The molecule has 3 nitrogen and oxygen atoms in total. The summed E-state index contributed by atoms with van der Waals surface area (Å²) in [7, 11) is 2.92. The molecule has 0 saturated carbocycles. The van der Waals surface area contributed by atoms with Crippen molar-refractivity contribution in [2.24, 2.45) is 5.73 Å². The molecule has 90 valence electrons. The van der Waals surface area contributed by atoms with Gasteiger partial charge in [0.05, 0.1) is 0 Å². The fourth-order valence-corrected chi connectivity index (χ4v) is 1.43. The highest BCUT2D eigenvalue weighted by molar-refractivity contribution is 5.22. The lowest BCUT2D eigenvalue weighted by Gasteiger charge is -2.19. The third kappa shape index (κ3) is 2.98. The Morgan fingerprint density at radius 3 is 2.44 bits per heavy atom. The van der Waals surface area contributed by atoms with Crippen LogP contribution in [0.15, 0.2) is 18.2 Å². The fourth-order valence-electron chi connectivity index (χ4n) is 1.43. The highest BCUT2D eigenvalue weighted by Gasteiger charge is 2.18. The Morgan fingerprint density at radius 1 is 1.25 bits per heavy atom. The summed E-state index contributed by atoms with van der Waals surface area (Å²) >= 11 is 0. The lowest BCUT2D eigenvalue weighted by molar-refractivity contribution is -0.109. The van der Waals surface area contributed by atoms with E-state index in [9.17, 15) is 8.78 Å². The first kappa shape index (κ1) is 13.0. The average Bonchev–Trinajstić information content (AvgIpc) is 2.29. The van der Waals surface area contributed by atoms with Gasteiger partial charge in [-0.1, -0.05) is 12.1 Å². The van der Waals surface area contributed by atoms with Crippen molar-refractivity contribution >= 4 is 0 Å². The van der Waals surface area contributed by atoms with Crippen molar-refractivity contribution in [2.45, 2.75) is 18.8 Å². The Morgan fingerprint density at radius 2 is 1.88 bits per heavy atom. The van der Waals surface area contributed by atoms with Crippen molar-refractivity contribution < 1.29 is 18.3 Å². The SMILES string of the molecule is COC(CC(N)c1cccc(F)c1F)OC. The number of rotatable bonds is 5. The highest BCUT2D eigenvalue weighted by Crippen LogP contribution is 2.21. The summed E-state index contributed by atoms with van der Waals surface area (Å²) < 4.78 is 36.2. The molecule has 1 rings (SSSR count). The summed E-state index contributed by atoms with van der Waals surface area (Å²) in [5.74, 6) is -1.82. The molecule has 1 atom stereocenters. The minimum Gasteiger partial charge on any atom is -0.356 e. The molecule has 1 aromatic carbocycles. The maximum atomic E-state index is 13.4. The molecule has 0 aliphatic rings. The van der Waals surface area contributed by atoms with Crippen LogP contribution in [0.2, 0.25) is 0 Å². The average molecular weight is 231 g/mol. The summed E-state index contributed by atoms with van der Waals surface area (Å²) in [5, 5.41) is 0. The zero-order valence-electron chi connectivity index (χ0n) is 9.24. The summed E-state index contributed by atoms with van der Waals surface area (Å²) in [6, 6.07) is 3.25. The summed E-state index contributed by atoms with van der Waals surface area (Å²) in [5.41, 5.74) is 5.87. The summed E-state index contributed by atoms with van der Waals surface area (Å²) in [6.45, 7) is 0. The Bertz CT molecular complexity index is 343. The van der Waals surface area contributed by atoms with Crippen LogP contribution in [0.5, 0.6) is 0 Å². The van der Waals surface area contributed by atoms with E-state index in [0.717, 1.165) is 6.07 Å². The van der Waals surface area contributed by atoms with Crippen LogP contribution < -0.4 is 5.73 Å². The number of hydrogen-bond donors (Lipinski definition) is 1. The Hall–Kier alpha value is -1.04. The molecule has 0 amide bonds. The Kier molecular flexibility index (Phi) is 4.79. The third-order valence-electron chi connectivity index (χ3n) is 2.35. The van der Waals surface area contributed by atoms with Gasteiger partial charge < -0.3 is 15.2 Å². The fraction of sp³-hybridized carbons (Fsp3) is 0.455. The summed E-state index contributed by atoms with van der Waals surface area (Å²) in [6.07, 6.45) is -0.273. The molecule has 0 fully saturated rings. The van der Waals surface area contributed by atoms with E-state index in [1.165, 1.54) is 26.4 Å². The first-order chi connectivity index (χ1) is 7.60. The van der Waals surface area contributed by atoms with Gasteiger partial charge in [0.1, 0.15) is 0 Å². The van der Waals surface area contributed by atoms with Gasteiger partial charge >= 0.3 is 0 Å². The van der Waals surface area contributed by atoms with Crippen LogP contribution in [-0.4, -0.2) is 20.5 Å². The summed E-state index contributed by atoms with van der Waals surface area (Å²) in [4.78, 5) is 0. The maximum absolute atomic E-state index is 13.4. The molecule has 2 N–H and O–H groups in total. The van der Waals surface area contributed by atoms with E-state index >= 15 is 0 Å². The van der Waals surface area contributed by atoms with Crippen molar-refractivity contribution in [2.75, 3.05) is 14.2 Å². The predicted octanol–water partition coefficient (Wildman–Crippen LogP) is 1.97. The first-order valence-corrected chi connectivity index (χ1v) is 4.85. The van der Waals surface area contributed by atoms with Crippen LogP contribution in [0, 0.1) is 11.6 Å². The third-order valence-corrected chi connectivity index (χ3v) is 2.35. The van der Waals surface area contributed by atoms with E-state index in [-0.39, 0.29) is 12.0 Å². The highest BCUT2D eigenvalue weighted by atomic mass is 19.2. The van der Waals surface area contributed by atoms with Crippen LogP contribution in [0.1, 0.15) is 18.0 Å². The van der Waals surface area contributed by atoms with Crippen LogP contribution in [0.25, 0.3) is 0 Å². The number of halogens is 2. The van der Waals surface area contributed by atoms with Gasteiger partial charge in [0.15, 0.2) is 17.9 Å². The van der Waals surface area contributed by atoms with E-state index in [1.807, 2.05) is 0 Å². The van der Waals surface area contributed by atoms with Gasteiger partial charge in [-0.05, 0) is 6.07 Å². The second-order valence-corrected chi connectivity index (χ2v) is 3.39. The van der Waals surface area contributed by atoms with E-state index in [1.54, 1.807) is 0 Å². The predicted molar refractivity (Wildman–Crippen MR) is 55.7 cm³/mol. The van der Waals surface area contributed by atoms with Gasteiger partial charge in [-0.3, -0.25) is 0 Å². The molecule has 1 aromatic rings. The van der Waals surface area contributed by atoms with Crippen LogP contribution >= 0.6 is 0 Å². The van der Waals surface area contributed by atoms with Gasteiger partial charge in [0, 0.05) is 32.2 Å². The van der Waals surface area contributed by atoms with E-state index < -0.39 is 24.0 Å². The quantitative estimate of drug-likeness (QED) is 0.788. The van der Waals surface area contributed by atoms with Crippen molar-refractivity contribution in [3.8, 4) is 0 Å². The Labute approximate surface area is 93.2 Å². The van der Waals surface area contributed by atoms with Crippen molar-refractivity contribution in [3.63, 3.8) is 0 Å². The zero-order chi connectivity index (χ0) is 12.1. The standard InChI is InChI=1S/C11H15F2NO2/c1-15-10(16-2)6-9(14)7-4-3-5-8(12)11(7)13/h3-5,9-10H,6,14H2,1-2H3. The van der Waals surface area contributed by atoms with Gasteiger partial charge in [-0.25, -0.2) is 8.78 Å². The largest absolute Gasteiger partial charge is 0.356 e. The molecule has 0 aliphatic carbocycles. The van der Waals surface area contributed by atoms with Crippen LogP contribution in [-0.2, 0) is 9.47 Å². The van der Waals surface area contributed by atoms with Crippen LogP contribution in [0.4, 0.5) is 8.78 Å². The second-order valence-electron chi connectivity index (χ2n) is 3.39. The molecule has 0 heterocycles. The number of benzene rings is 1. The molecule has 0 spiro atoms. The minimum atomic E-state index is -0.916. The minimum absolute atomic E-state index is 0.124. The van der Waals surface area contributed by atoms with E-state index in [0.29, 0.717) is 0 Å². The lowest BCUT2D eigenvalue weighted by atomic mass is 10.0. The van der Waals surface area contributed by atoms with Crippen molar-refractivity contribution in [3.05, 3.63) is 35.4 Å². The molecule has 1 unspecified atom stereocenters. The number of hydrogen-bond acceptors (Lipinski definition) is 3. The molecule has 0 aromatic heterocycles. The molecule has 16 heavy (non-hydrogen) atoms. The van der Waals surface area contributed by atoms with E-state index in [2.05, 4.69) is 0 Å². The number of nitrogens with two attached hydrogens (primary N) is 1. The van der Waals surface area contributed by atoms with E-state index in [4.69, 9.17) is 15.2 Å². The Balaban J connectivity index is 2.80. The second kappa shape index (κ2) is 5.89. The maximum Gasteiger partial charge on any atom is 0.163 e. The first-order valence-electron chi connectivity index (χ1n) is 4.85. The van der Waals surface area contributed by atoms with Crippen molar-refractivity contribution in [1.82, 2.24) is 0 Å². The molecule has 0 bridgehead atoms. The van der Waals surface area contributed by atoms with Crippen molar-refractivity contribution in [1.29, 1.82) is 0 Å². The number of methoxy groups -OCH3 is 2. The molecule has 0 saturated heterocycles. The molecular weight excluding hydrogens is 216 g/mol. The van der Waals surface area contributed by atoms with Gasteiger partial charge in [-0.2, -0.15) is 0 Å². The molecule has 0 radical (unpaired) electrons. The normalized spacial score (nSPS) is 13.1. The number of ether oxygens (including phenoxy) is 2. The smallest absolute Gasteiger partial charge is 0.163 e. The van der Waals surface area contributed by atoms with Gasteiger partial charge in [0.2, 0.25) is 0 Å². The molecular formula is C11H15F2NO2. The monoisotopic (exact) mass is 231 g/mol. The van der Waals surface area contributed by atoms with Crippen LogP contribution in [0.3, 0.4) is 0 Å². The molecule has 5 heteroatoms. The topological polar surface area (TPSA) is 44.5 Å².